The van der Waals surface area contributed by atoms with Crippen molar-refractivity contribution in [2.45, 2.75) is 19.5 Å². The fraction of sp³-hybridized carbons (Fsp3) is 0.500. The van der Waals surface area contributed by atoms with Crippen LogP contribution in [0.2, 0.25) is 0 Å². The molecule has 17 heavy (non-hydrogen) atoms. The monoisotopic (exact) mass is 234 g/mol. The van der Waals surface area contributed by atoms with Crippen LogP contribution < -0.4 is 10.6 Å². The molecule has 2 N–H and O–H groups in total. The summed E-state index contributed by atoms with van der Waals surface area (Å²) in [5, 5.41) is 6.04. The number of urea groups is 1. The number of carbonyl (C=O) groups is 1. The normalized spacial score (nSPS) is 15.1. The second kappa shape index (κ2) is 5.63. The van der Waals surface area contributed by atoms with E-state index in [-0.39, 0.29) is 6.03 Å². The molecule has 1 aromatic heterocycles. The summed E-state index contributed by atoms with van der Waals surface area (Å²) in [7, 11) is 0. The van der Waals surface area contributed by atoms with Gasteiger partial charge in [-0.25, -0.2) is 4.79 Å². The predicted octanol–water partition coefficient (Wildman–Crippen LogP) is 0.585. The van der Waals surface area contributed by atoms with Gasteiger partial charge in [0.25, 0.3) is 0 Å². The highest BCUT2D eigenvalue weighted by Crippen LogP contribution is 2.10. The van der Waals surface area contributed by atoms with Crippen molar-refractivity contribution in [3.63, 3.8) is 0 Å². The van der Waals surface area contributed by atoms with E-state index < -0.39 is 0 Å². The van der Waals surface area contributed by atoms with Gasteiger partial charge in [0.2, 0.25) is 0 Å². The highest BCUT2D eigenvalue weighted by molar-refractivity contribution is 5.74. The number of hydrogen-bond donors (Lipinski definition) is 2. The standard InChI is InChI=1S/C12H18N4O/c1-2-15-12(17)16(11-7-14-8-11)9-10-4-3-5-13-6-10/h3-6,11,14H,2,7-9H2,1H3,(H,15,17). The van der Waals surface area contributed by atoms with Gasteiger partial charge in [0, 0.05) is 38.6 Å². The fourth-order valence-electron chi connectivity index (χ4n) is 1.80. The number of rotatable bonds is 4. The quantitative estimate of drug-likeness (QED) is 0.801. The highest BCUT2D eigenvalue weighted by atomic mass is 16.2. The van der Waals surface area contributed by atoms with Gasteiger partial charge in [0.1, 0.15) is 0 Å². The van der Waals surface area contributed by atoms with E-state index in [1.807, 2.05) is 24.0 Å². The largest absolute Gasteiger partial charge is 0.338 e. The Kier molecular flexibility index (Phi) is 3.93. The van der Waals surface area contributed by atoms with Gasteiger partial charge in [-0.05, 0) is 18.6 Å². The van der Waals surface area contributed by atoms with Crippen LogP contribution in [0.25, 0.3) is 0 Å². The summed E-state index contributed by atoms with van der Waals surface area (Å²) >= 11 is 0. The van der Waals surface area contributed by atoms with E-state index in [9.17, 15) is 4.79 Å². The summed E-state index contributed by atoms with van der Waals surface area (Å²) in [5.41, 5.74) is 1.06. The molecule has 0 spiro atoms. The minimum Gasteiger partial charge on any atom is -0.338 e. The predicted molar refractivity (Wildman–Crippen MR) is 65.5 cm³/mol. The third-order valence-corrected chi connectivity index (χ3v) is 2.87. The Morgan fingerprint density at radius 3 is 3.00 bits per heavy atom. The van der Waals surface area contributed by atoms with Crippen LogP contribution in [0.1, 0.15) is 12.5 Å². The van der Waals surface area contributed by atoms with Crippen LogP contribution in [0, 0.1) is 0 Å². The lowest BCUT2D eigenvalue weighted by atomic mass is 10.1. The summed E-state index contributed by atoms with van der Waals surface area (Å²) < 4.78 is 0. The van der Waals surface area contributed by atoms with Crippen molar-refractivity contribution in [3.8, 4) is 0 Å². The first kappa shape index (κ1) is 11.9. The fourth-order valence-corrected chi connectivity index (χ4v) is 1.80. The summed E-state index contributed by atoms with van der Waals surface area (Å²) in [6.07, 6.45) is 3.54. The van der Waals surface area contributed by atoms with Crippen LogP contribution in [0.3, 0.4) is 0 Å². The maximum absolute atomic E-state index is 11.9. The molecular formula is C12H18N4O. The third-order valence-electron chi connectivity index (χ3n) is 2.87. The minimum atomic E-state index is 0.00264. The molecule has 2 rings (SSSR count). The maximum Gasteiger partial charge on any atom is 0.318 e. The Hall–Kier alpha value is -1.62. The van der Waals surface area contributed by atoms with Crippen molar-refractivity contribution in [2.24, 2.45) is 0 Å². The zero-order valence-electron chi connectivity index (χ0n) is 10.0. The van der Waals surface area contributed by atoms with Crippen molar-refractivity contribution in [1.82, 2.24) is 20.5 Å². The van der Waals surface area contributed by atoms with E-state index >= 15 is 0 Å². The zero-order chi connectivity index (χ0) is 12.1. The molecule has 5 heteroatoms. The van der Waals surface area contributed by atoms with E-state index in [1.54, 1.807) is 12.4 Å². The Morgan fingerprint density at radius 1 is 1.65 bits per heavy atom. The molecule has 0 aromatic carbocycles. The summed E-state index contributed by atoms with van der Waals surface area (Å²) in [4.78, 5) is 17.9. The van der Waals surface area contributed by atoms with Gasteiger partial charge in [-0.2, -0.15) is 0 Å². The molecule has 0 atom stereocenters. The van der Waals surface area contributed by atoms with Crippen LogP contribution in [0.15, 0.2) is 24.5 Å². The van der Waals surface area contributed by atoms with Crippen LogP contribution in [-0.4, -0.2) is 41.6 Å². The first-order valence-electron chi connectivity index (χ1n) is 5.95. The van der Waals surface area contributed by atoms with E-state index in [4.69, 9.17) is 0 Å². The molecule has 1 saturated heterocycles. The second-order valence-corrected chi connectivity index (χ2v) is 4.14. The van der Waals surface area contributed by atoms with E-state index in [1.165, 1.54) is 0 Å². The maximum atomic E-state index is 11.9. The van der Waals surface area contributed by atoms with Crippen LogP contribution in [-0.2, 0) is 6.54 Å². The molecule has 0 radical (unpaired) electrons. The molecule has 1 aromatic rings. The van der Waals surface area contributed by atoms with Gasteiger partial charge in [0.05, 0.1) is 6.04 Å². The molecular weight excluding hydrogens is 216 g/mol. The first-order chi connectivity index (χ1) is 8.31. The number of aromatic nitrogens is 1. The summed E-state index contributed by atoms with van der Waals surface area (Å²) in [5.74, 6) is 0. The van der Waals surface area contributed by atoms with Crippen molar-refractivity contribution >= 4 is 6.03 Å². The lowest BCUT2D eigenvalue weighted by Crippen LogP contribution is -2.60. The zero-order valence-corrected chi connectivity index (χ0v) is 10.0. The number of hydrogen-bond acceptors (Lipinski definition) is 3. The summed E-state index contributed by atoms with van der Waals surface area (Å²) in [6.45, 7) is 4.95. The Morgan fingerprint density at radius 2 is 2.47 bits per heavy atom. The van der Waals surface area contributed by atoms with Gasteiger partial charge in [-0.1, -0.05) is 6.07 Å². The number of carbonyl (C=O) groups excluding carboxylic acids is 1. The Balaban J connectivity index is 2.02. The molecule has 1 fully saturated rings. The third kappa shape index (κ3) is 2.94. The number of pyridine rings is 1. The topological polar surface area (TPSA) is 57.3 Å². The lowest BCUT2D eigenvalue weighted by Gasteiger charge is -2.38. The average molecular weight is 234 g/mol. The van der Waals surface area contributed by atoms with E-state index in [0.717, 1.165) is 18.7 Å². The molecule has 1 aliphatic rings. The van der Waals surface area contributed by atoms with Crippen molar-refractivity contribution in [1.29, 1.82) is 0 Å². The summed E-state index contributed by atoms with van der Waals surface area (Å²) in [6, 6.07) is 4.18. The molecule has 2 amide bonds. The molecule has 1 aliphatic heterocycles. The van der Waals surface area contributed by atoms with Crippen molar-refractivity contribution in [3.05, 3.63) is 30.1 Å². The smallest absolute Gasteiger partial charge is 0.318 e. The second-order valence-electron chi connectivity index (χ2n) is 4.14. The minimum absolute atomic E-state index is 0.00264. The molecule has 0 saturated carbocycles. The van der Waals surface area contributed by atoms with Crippen LogP contribution in [0.5, 0.6) is 0 Å². The van der Waals surface area contributed by atoms with Gasteiger partial charge in [0.15, 0.2) is 0 Å². The molecule has 2 heterocycles. The number of nitrogens with zero attached hydrogens (tertiary/aromatic N) is 2. The van der Waals surface area contributed by atoms with Crippen LogP contribution in [0.4, 0.5) is 4.79 Å². The molecule has 92 valence electrons. The molecule has 0 unspecified atom stereocenters. The molecule has 0 bridgehead atoms. The number of amides is 2. The van der Waals surface area contributed by atoms with Gasteiger partial charge >= 0.3 is 6.03 Å². The van der Waals surface area contributed by atoms with E-state index in [2.05, 4.69) is 15.6 Å². The Bertz CT molecular complexity index is 364. The Labute approximate surface area is 101 Å². The van der Waals surface area contributed by atoms with Crippen molar-refractivity contribution < 1.29 is 4.79 Å². The van der Waals surface area contributed by atoms with Crippen LogP contribution >= 0.6 is 0 Å². The van der Waals surface area contributed by atoms with Gasteiger partial charge < -0.3 is 15.5 Å². The molecule has 5 nitrogen and oxygen atoms in total. The van der Waals surface area contributed by atoms with Gasteiger partial charge in [-0.3, -0.25) is 4.98 Å². The SMILES string of the molecule is CCNC(=O)N(Cc1cccnc1)C1CNC1. The van der Waals surface area contributed by atoms with E-state index in [0.29, 0.717) is 19.1 Å². The van der Waals surface area contributed by atoms with Gasteiger partial charge in [-0.15, -0.1) is 0 Å². The number of nitrogens with one attached hydrogen (secondary N) is 2. The highest BCUT2D eigenvalue weighted by Gasteiger charge is 2.28. The first-order valence-corrected chi connectivity index (χ1v) is 5.95. The molecule has 0 aliphatic carbocycles. The lowest BCUT2D eigenvalue weighted by molar-refractivity contribution is 0.145. The average Bonchev–Trinajstić information content (AvgIpc) is 2.27. The van der Waals surface area contributed by atoms with Crippen molar-refractivity contribution in [2.75, 3.05) is 19.6 Å².